The zero-order chi connectivity index (χ0) is 20.3. The van der Waals surface area contributed by atoms with Crippen LogP contribution in [0.5, 0.6) is 0 Å². The Labute approximate surface area is 179 Å². The summed E-state index contributed by atoms with van der Waals surface area (Å²) in [6.45, 7) is 0.954. The van der Waals surface area contributed by atoms with E-state index in [1.807, 2.05) is 0 Å². The van der Waals surface area contributed by atoms with E-state index < -0.39 is 15.9 Å². The van der Waals surface area contributed by atoms with Crippen LogP contribution in [0, 0.1) is 0 Å². The van der Waals surface area contributed by atoms with E-state index in [9.17, 15) is 13.2 Å². The number of amides is 1. The molecular formula is C19H19Cl3N2O3S. The van der Waals surface area contributed by atoms with Gasteiger partial charge in [0, 0.05) is 18.1 Å². The van der Waals surface area contributed by atoms with Gasteiger partial charge in [-0.3, -0.25) is 4.79 Å². The summed E-state index contributed by atoms with van der Waals surface area (Å²) in [5.41, 5.74) is 0.365. The number of hydrogen-bond acceptors (Lipinski definition) is 3. The second-order valence-electron chi connectivity index (χ2n) is 6.54. The normalized spacial score (nSPS) is 15.8. The van der Waals surface area contributed by atoms with Crippen LogP contribution in [0.1, 0.15) is 36.0 Å². The van der Waals surface area contributed by atoms with Crippen LogP contribution in [0.3, 0.4) is 0 Å². The molecule has 0 spiro atoms. The van der Waals surface area contributed by atoms with E-state index in [1.165, 1.54) is 28.6 Å². The first-order chi connectivity index (χ1) is 13.3. The largest absolute Gasteiger partial charge is 0.321 e. The third kappa shape index (κ3) is 4.81. The topological polar surface area (TPSA) is 66.5 Å². The number of hydrogen-bond donors (Lipinski definition) is 1. The zero-order valence-electron chi connectivity index (χ0n) is 14.9. The van der Waals surface area contributed by atoms with Crippen LogP contribution in [-0.4, -0.2) is 31.7 Å². The van der Waals surface area contributed by atoms with Crippen LogP contribution in [0.25, 0.3) is 0 Å². The van der Waals surface area contributed by atoms with Crippen molar-refractivity contribution in [2.45, 2.75) is 30.6 Å². The van der Waals surface area contributed by atoms with E-state index >= 15 is 0 Å². The zero-order valence-corrected chi connectivity index (χ0v) is 18.0. The van der Waals surface area contributed by atoms with E-state index in [4.69, 9.17) is 34.8 Å². The number of carbonyl (C=O) groups is 1. The van der Waals surface area contributed by atoms with E-state index in [-0.39, 0.29) is 15.5 Å². The minimum Gasteiger partial charge on any atom is -0.321 e. The molecule has 1 aliphatic rings. The fourth-order valence-electron chi connectivity index (χ4n) is 3.05. The molecule has 1 fully saturated rings. The molecule has 0 aliphatic carbocycles. The lowest BCUT2D eigenvalue weighted by molar-refractivity contribution is 0.102. The number of anilines is 1. The molecule has 1 saturated heterocycles. The maximum Gasteiger partial charge on any atom is 0.257 e. The van der Waals surface area contributed by atoms with Gasteiger partial charge >= 0.3 is 0 Å². The molecule has 0 unspecified atom stereocenters. The molecule has 1 heterocycles. The highest BCUT2D eigenvalue weighted by Crippen LogP contribution is 2.28. The molecule has 2 aromatic rings. The second kappa shape index (κ2) is 9.01. The Morgan fingerprint density at radius 3 is 2.21 bits per heavy atom. The lowest BCUT2D eigenvalue weighted by Crippen LogP contribution is -2.32. The van der Waals surface area contributed by atoms with E-state index in [2.05, 4.69) is 5.32 Å². The third-order valence-corrected chi connectivity index (χ3v) is 7.35. The summed E-state index contributed by atoms with van der Waals surface area (Å²) in [6.07, 6.45) is 3.68. The van der Waals surface area contributed by atoms with Crippen molar-refractivity contribution in [1.82, 2.24) is 4.31 Å². The lowest BCUT2D eigenvalue weighted by Gasteiger charge is -2.20. The van der Waals surface area contributed by atoms with E-state index in [0.717, 1.165) is 25.7 Å². The van der Waals surface area contributed by atoms with Crippen molar-refractivity contribution >= 4 is 56.4 Å². The smallest absolute Gasteiger partial charge is 0.257 e. The molecule has 28 heavy (non-hydrogen) atoms. The monoisotopic (exact) mass is 460 g/mol. The molecule has 1 aliphatic heterocycles. The molecular weight excluding hydrogens is 443 g/mol. The number of nitrogens with one attached hydrogen (secondary N) is 1. The number of rotatable bonds is 4. The van der Waals surface area contributed by atoms with Crippen LogP contribution in [-0.2, 0) is 10.0 Å². The minimum absolute atomic E-state index is 0.0427. The predicted octanol–water partition coefficient (Wildman–Crippen LogP) is 5.46. The van der Waals surface area contributed by atoms with Crippen molar-refractivity contribution < 1.29 is 13.2 Å². The van der Waals surface area contributed by atoms with Gasteiger partial charge in [-0.05, 0) is 49.2 Å². The highest BCUT2D eigenvalue weighted by molar-refractivity contribution is 7.89. The van der Waals surface area contributed by atoms with Crippen molar-refractivity contribution in [3.63, 3.8) is 0 Å². The Kier molecular flexibility index (Phi) is 6.89. The third-order valence-electron chi connectivity index (χ3n) is 4.56. The van der Waals surface area contributed by atoms with Crippen molar-refractivity contribution in [3.05, 3.63) is 57.0 Å². The summed E-state index contributed by atoms with van der Waals surface area (Å²) in [5, 5.41) is 3.49. The molecule has 0 bridgehead atoms. The van der Waals surface area contributed by atoms with Crippen LogP contribution in [0.15, 0.2) is 41.3 Å². The van der Waals surface area contributed by atoms with E-state index in [0.29, 0.717) is 28.8 Å². The molecule has 1 amide bonds. The van der Waals surface area contributed by atoms with Crippen LogP contribution in [0.4, 0.5) is 5.69 Å². The highest BCUT2D eigenvalue weighted by Gasteiger charge is 2.26. The van der Waals surface area contributed by atoms with E-state index in [1.54, 1.807) is 12.1 Å². The maximum atomic E-state index is 13.0. The van der Waals surface area contributed by atoms with Crippen LogP contribution >= 0.6 is 34.8 Å². The first-order valence-corrected chi connectivity index (χ1v) is 11.4. The van der Waals surface area contributed by atoms with Gasteiger partial charge in [-0.25, -0.2) is 8.42 Å². The number of benzene rings is 2. The maximum absolute atomic E-state index is 13.0. The van der Waals surface area contributed by atoms with Gasteiger partial charge in [0.1, 0.15) is 0 Å². The fourth-order valence-corrected chi connectivity index (χ4v) is 5.14. The summed E-state index contributed by atoms with van der Waals surface area (Å²) in [7, 11) is -3.70. The Morgan fingerprint density at radius 2 is 1.54 bits per heavy atom. The quantitative estimate of drug-likeness (QED) is 0.657. The lowest BCUT2D eigenvalue weighted by atomic mass is 10.2. The first-order valence-electron chi connectivity index (χ1n) is 8.85. The fraction of sp³-hybridized carbons (Fsp3) is 0.316. The first kappa shape index (κ1) is 21.4. The molecule has 9 heteroatoms. The molecule has 0 atom stereocenters. The Morgan fingerprint density at radius 1 is 0.893 bits per heavy atom. The van der Waals surface area contributed by atoms with Gasteiger partial charge < -0.3 is 5.32 Å². The van der Waals surface area contributed by atoms with Crippen molar-refractivity contribution in [1.29, 1.82) is 0 Å². The molecule has 0 radical (unpaired) electrons. The van der Waals surface area contributed by atoms with Crippen molar-refractivity contribution in [3.8, 4) is 0 Å². The SMILES string of the molecule is O=C(Nc1cc(Cl)ccc1Cl)c1cc(S(=O)(=O)N2CCCCCC2)ccc1Cl. The van der Waals surface area contributed by atoms with Crippen molar-refractivity contribution in [2.75, 3.05) is 18.4 Å². The number of nitrogens with zero attached hydrogens (tertiary/aromatic N) is 1. The summed E-state index contributed by atoms with van der Waals surface area (Å²) in [6, 6.07) is 8.80. The molecule has 0 saturated carbocycles. The standard InChI is InChI=1S/C19H19Cl3N2O3S/c20-13-5-7-17(22)18(11-13)23-19(25)15-12-14(6-8-16(15)21)28(26,27)24-9-3-1-2-4-10-24/h5-8,11-12H,1-4,9-10H2,(H,23,25). The summed E-state index contributed by atoms with van der Waals surface area (Å²) >= 11 is 18.2. The van der Waals surface area contributed by atoms with Crippen LogP contribution < -0.4 is 5.32 Å². The van der Waals surface area contributed by atoms with Gasteiger partial charge in [-0.15, -0.1) is 0 Å². The second-order valence-corrected chi connectivity index (χ2v) is 9.73. The number of carbonyl (C=O) groups excluding carboxylic acids is 1. The summed E-state index contributed by atoms with van der Waals surface area (Å²) in [5.74, 6) is -0.568. The summed E-state index contributed by atoms with van der Waals surface area (Å²) in [4.78, 5) is 12.7. The predicted molar refractivity (Wildman–Crippen MR) is 113 cm³/mol. The molecule has 5 nitrogen and oxygen atoms in total. The molecule has 0 aromatic heterocycles. The molecule has 2 aromatic carbocycles. The van der Waals surface area contributed by atoms with Gasteiger partial charge in [0.2, 0.25) is 10.0 Å². The highest BCUT2D eigenvalue weighted by atomic mass is 35.5. The van der Waals surface area contributed by atoms with Gasteiger partial charge in [0.15, 0.2) is 0 Å². The minimum atomic E-state index is -3.70. The Hall–Kier alpha value is -1.31. The average Bonchev–Trinajstić information content (AvgIpc) is 2.95. The Balaban J connectivity index is 1.90. The van der Waals surface area contributed by atoms with Gasteiger partial charge in [0.05, 0.1) is 26.2 Å². The molecule has 1 N–H and O–H groups in total. The van der Waals surface area contributed by atoms with Gasteiger partial charge in [0.25, 0.3) is 5.91 Å². The molecule has 3 rings (SSSR count). The number of halogens is 3. The Bertz CT molecular complexity index is 988. The van der Waals surface area contributed by atoms with Crippen molar-refractivity contribution in [2.24, 2.45) is 0 Å². The van der Waals surface area contributed by atoms with Crippen LogP contribution in [0.2, 0.25) is 15.1 Å². The van der Waals surface area contributed by atoms with Gasteiger partial charge in [-0.1, -0.05) is 47.6 Å². The van der Waals surface area contributed by atoms with Gasteiger partial charge in [-0.2, -0.15) is 4.31 Å². The summed E-state index contributed by atoms with van der Waals surface area (Å²) < 4.78 is 27.5. The average molecular weight is 462 g/mol. The number of sulfonamides is 1. The molecule has 150 valence electrons.